The zero-order chi connectivity index (χ0) is 16.1. The van der Waals surface area contributed by atoms with Gasteiger partial charge in [-0.25, -0.2) is 4.99 Å². The Morgan fingerprint density at radius 2 is 1.57 bits per heavy atom. The molecule has 0 N–H and O–H groups in total. The van der Waals surface area contributed by atoms with Crippen molar-refractivity contribution in [2.24, 2.45) is 4.99 Å². The van der Waals surface area contributed by atoms with E-state index in [-0.39, 0.29) is 0 Å². The van der Waals surface area contributed by atoms with Crippen LogP contribution in [0.25, 0.3) is 0 Å². The minimum atomic E-state index is -1.68. The molecule has 0 bridgehead atoms. The Bertz CT molecular complexity index is 529. The third-order valence-electron chi connectivity index (χ3n) is 2.42. The first kappa shape index (κ1) is 18.1. The van der Waals surface area contributed by atoms with E-state index in [4.69, 9.17) is 8.85 Å². The highest BCUT2D eigenvalue weighted by Crippen LogP contribution is 2.32. The van der Waals surface area contributed by atoms with Gasteiger partial charge in [0.1, 0.15) is 11.5 Å². The van der Waals surface area contributed by atoms with E-state index in [1.165, 1.54) is 5.56 Å². The molecule has 0 radical (unpaired) electrons. The summed E-state index contributed by atoms with van der Waals surface area (Å²) >= 11 is 4.59. The van der Waals surface area contributed by atoms with Crippen molar-refractivity contribution in [2.75, 3.05) is 6.54 Å². The zero-order valence-electron chi connectivity index (χ0n) is 13.8. The number of hydrogen-bond acceptors (Lipinski definition) is 4. The summed E-state index contributed by atoms with van der Waals surface area (Å²) in [6, 6.07) is 6.17. The van der Waals surface area contributed by atoms with Crippen LogP contribution >= 0.6 is 12.2 Å². The van der Waals surface area contributed by atoms with Gasteiger partial charge in [-0.05, 0) is 75.6 Å². The van der Waals surface area contributed by atoms with E-state index < -0.39 is 16.6 Å². The predicted octanol–water partition coefficient (Wildman–Crippen LogP) is 4.76. The Labute approximate surface area is 135 Å². The number of isothiocyanates is 1. The van der Waals surface area contributed by atoms with Gasteiger partial charge in [0.25, 0.3) is 0 Å². The van der Waals surface area contributed by atoms with Gasteiger partial charge in [0.2, 0.25) is 16.6 Å². The van der Waals surface area contributed by atoms with Crippen molar-refractivity contribution in [2.45, 2.75) is 45.7 Å². The van der Waals surface area contributed by atoms with Gasteiger partial charge in [-0.15, -0.1) is 0 Å². The normalized spacial score (nSPS) is 11.7. The largest absolute Gasteiger partial charge is 0.542 e. The summed E-state index contributed by atoms with van der Waals surface area (Å²) in [4.78, 5) is 3.96. The van der Waals surface area contributed by atoms with Crippen LogP contribution in [0.2, 0.25) is 39.3 Å². The van der Waals surface area contributed by atoms with Gasteiger partial charge in [0.15, 0.2) is 0 Å². The summed E-state index contributed by atoms with van der Waals surface area (Å²) in [7, 11) is -3.34. The van der Waals surface area contributed by atoms with E-state index in [2.05, 4.69) is 73.8 Å². The Morgan fingerprint density at radius 3 is 2.10 bits per heavy atom. The molecular formula is C15H25NO2SSi2. The molecule has 0 amide bonds. The molecule has 0 aliphatic heterocycles. The molecule has 6 heteroatoms. The molecule has 0 fully saturated rings. The fourth-order valence-electron chi connectivity index (χ4n) is 1.76. The summed E-state index contributed by atoms with van der Waals surface area (Å²) in [6.07, 6.45) is 0.832. The summed E-state index contributed by atoms with van der Waals surface area (Å²) in [5, 5.41) is 2.40. The Morgan fingerprint density at radius 1 is 1.00 bits per heavy atom. The van der Waals surface area contributed by atoms with Crippen LogP contribution in [-0.4, -0.2) is 28.3 Å². The maximum absolute atomic E-state index is 6.19. The lowest BCUT2D eigenvalue weighted by molar-refractivity contribution is 0.488. The highest BCUT2D eigenvalue weighted by atomic mass is 32.1. The Kier molecular flexibility index (Phi) is 6.34. The van der Waals surface area contributed by atoms with Crippen LogP contribution < -0.4 is 8.85 Å². The number of aliphatic imine (C=N–C) groups is 1. The molecule has 116 valence electrons. The number of hydrogen-bond donors (Lipinski definition) is 0. The maximum atomic E-state index is 6.19. The standard InChI is InChI=1S/C15H25NO2SSi2/c1-20(2,3)17-14-8-7-13(9-10-16-12-19)11-15(14)18-21(4,5)6/h7-8,11H,9-10H2,1-6H3. The third kappa shape index (κ3) is 7.57. The van der Waals surface area contributed by atoms with Crippen molar-refractivity contribution in [3.63, 3.8) is 0 Å². The van der Waals surface area contributed by atoms with Crippen molar-refractivity contribution >= 4 is 34.0 Å². The highest BCUT2D eigenvalue weighted by molar-refractivity contribution is 7.78. The smallest absolute Gasteiger partial charge is 0.242 e. The molecule has 0 aliphatic rings. The van der Waals surface area contributed by atoms with Crippen LogP contribution in [0.3, 0.4) is 0 Å². The molecule has 0 saturated heterocycles. The minimum absolute atomic E-state index is 0.657. The lowest BCUT2D eigenvalue weighted by Gasteiger charge is -2.26. The maximum Gasteiger partial charge on any atom is 0.242 e. The molecule has 0 saturated carbocycles. The molecule has 0 aromatic heterocycles. The zero-order valence-corrected chi connectivity index (χ0v) is 16.6. The van der Waals surface area contributed by atoms with Crippen LogP contribution in [0.1, 0.15) is 5.56 Å². The second kappa shape index (κ2) is 7.36. The van der Waals surface area contributed by atoms with Crippen molar-refractivity contribution in [3.8, 4) is 11.5 Å². The lowest BCUT2D eigenvalue weighted by atomic mass is 10.1. The van der Waals surface area contributed by atoms with Gasteiger partial charge in [0.05, 0.1) is 11.7 Å². The third-order valence-corrected chi connectivity index (χ3v) is 4.21. The van der Waals surface area contributed by atoms with E-state index in [0.717, 1.165) is 17.9 Å². The molecule has 0 aliphatic carbocycles. The highest BCUT2D eigenvalue weighted by Gasteiger charge is 2.23. The minimum Gasteiger partial charge on any atom is -0.542 e. The first-order valence-electron chi connectivity index (χ1n) is 7.15. The monoisotopic (exact) mass is 339 g/mol. The van der Waals surface area contributed by atoms with E-state index >= 15 is 0 Å². The van der Waals surface area contributed by atoms with Gasteiger partial charge in [0, 0.05) is 0 Å². The van der Waals surface area contributed by atoms with Gasteiger partial charge < -0.3 is 8.85 Å². The Balaban J connectivity index is 3.04. The van der Waals surface area contributed by atoms with Crippen LogP contribution in [0, 0.1) is 0 Å². The Hall–Kier alpha value is -0.946. The molecule has 0 spiro atoms. The predicted molar refractivity (Wildman–Crippen MR) is 98.0 cm³/mol. The molecule has 0 atom stereocenters. The van der Waals surface area contributed by atoms with Crippen LogP contribution in [0.15, 0.2) is 23.2 Å². The van der Waals surface area contributed by atoms with Crippen molar-refractivity contribution in [3.05, 3.63) is 23.8 Å². The van der Waals surface area contributed by atoms with Gasteiger partial charge in [-0.1, -0.05) is 6.07 Å². The first-order valence-corrected chi connectivity index (χ1v) is 14.4. The number of nitrogens with zero attached hydrogens (tertiary/aromatic N) is 1. The quantitative estimate of drug-likeness (QED) is 0.408. The van der Waals surface area contributed by atoms with Gasteiger partial charge in [-0.3, -0.25) is 0 Å². The summed E-state index contributed by atoms with van der Waals surface area (Å²) in [5.74, 6) is 1.72. The average Bonchev–Trinajstić information content (AvgIpc) is 2.29. The first-order chi connectivity index (χ1) is 9.61. The average molecular weight is 340 g/mol. The summed E-state index contributed by atoms with van der Waals surface area (Å²) < 4.78 is 12.3. The molecule has 0 unspecified atom stereocenters. The fourth-order valence-corrected chi connectivity index (χ4v) is 3.50. The fraction of sp³-hybridized carbons (Fsp3) is 0.533. The van der Waals surface area contributed by atoms with Crippen molar-refractivity contribution in [1.82, 2.24) is 0 Å². The van der Waals surface area contributed by atoms with E-state index in [0.29, 0.717) is 6.54 Å². The molecule has 1 aromatic rings. The molecule has 0 heterocycles. The molecular weight excluding hydrogens is 314 g/mol. The van der Waals surface area contributed by atoms with Crippen LogP contribution in [-0.2, 0) is 6.42 Å². The number of thiocarbonyl (C=S) groups is 1. The second-order valence-electron chi connectivity index (χ2n) is 6.93. The van der Waals surface area contributed by atoms with Gasteiger partial charge in [-0.2, -0.15) is 0 Å². The lowest BCUT2D eigenvalue weighted by Crippen LogP contribution is -2.32. The van der Waals surface area contributed by atoms with Crippen LogP contribution in [0.5, 0.6) is 11.5 Å². The second-order valence-corrected chi connectivity index (χ2v) is 16.0. The SMILES string of the molecule is C[Si](C)(C)Oc1ccc(CCN=C=S)cc1O[Si](C)(C)C. The van der Waals surface area contributed by atoms with E-state index in [1.54, 1.807) is 0 Å². The number of benzene rings is 1. The van der Waals surface area contributed by atoms with Crippen LogP contribution in [0.4, 0.5) is 0 Å². The molecule has 1 rings (SSSR count). The number of rotatable bonds is 7. The van der Waals surface area contributed by atoms with Crippen molar-refractivity contribution in [1.29, 1.82) is 0 Å². The molecule has 3 nitrogen and oxygen atoms in total. The molecule has 1 aromatic carbocycles. The van der Waals surface area contributed by atoms with Gasteiger partial charge >= 0.3 is 0 Å². The topological polar surface area (TPSA) is 30.8 Å². The van der Waals surface area contributed by atoms with E-state index in [9.17, 15) is 0 Å². The van der Waals surface area contributed by atoms with Crippen molar-refractivity contribution < 1.29 is 8.85 Å². The summed E-state index contributed by atoms with van der Waals surface area (Å²) in [6.45, 7) is 13.7. The summed E-state index contributed by atoms with van der Waals surface area (Å²) in [5.41, 5.74) is 1.18. The van der Waals surface area contributed by atoms with E-state index in [1.807, 2.05) is 6.07 Å². The molecule has 21 heavy (non-hydrogen) atoms.